The SMILES string of the molecule is CCOOC(=O)c1cc(C)c([N+](=O)[O-])cc1[N+](=O)[O-]. The van der Waals surface area contributed by atoms with Crippen molar-refractivity contribution in [2.24, 2.45) is 0 Å². The van der Waals surface area contributed by atoms with Crippen molar-refractivity contribution >= 4 is 17.3 Å². The third kappa shape index (κ3) is 3.22. The molecule has 0 unspecified atom stereocenters. The van der Waals surface area contributed by atoms with Crippen LogP contribution in [0.5, 0.6) is 0 Å². The number of hydrogen-bond donors (Lipinski definition) is 0. The lowest BCUT2D eigenvalue weighted by Crippen LogP contribution is -2.10. The summed E-state index contributed by atoms with van der Waals surface area (Å²) in [5.74, 6) is -1.08. The van der Waals surface area contributed by atoms with Crippen LogP contribution >= 0.6 is 0 Å². The maximum Gasteiger partial charge on any atom is 0.380 e. The third-order valence-corrected chi connectivity index (χ3v) is 2.18. The van der Waals surface area contributed by atoms with Crippen LogP contribution in [0.2, 0.25) is 0 Å². The first-order valence-electron chi connectivity index (χ1n) is 5.15. The molecule has 102 valence electrons. The van der Waals surface area contributed by atoms with E-state index in [4.69, 9.17) is 0 Å². The number of rotatable bonds is 5. The summed E-state index contributed by atoms with van der Waals surface area (Å²) in [5, 5.41) is 21.5. The standard InChI is InChI=1S/C10H10N2O7/c1-3-18-19-10(13)7-4-6(2)8(11(14)15)5-9(7)12(16)17/h4-5H,3H2,1-2H3. The van der Waals surface area contributed by atoms with Crippen LogP contribution in [-0.2, 0) is 9.78 Å². The number of nitro benzene ring substituents is 2. The molecule has 0 saturated carbocycles. The number of benzene rings is 1. The largest absolute Gasteiger partial charge is 0.380 e. The molecule has 0 bridgehead atoms. The van der Waals surface area contributed by atoms with Crippen molar-refractivity contribution in [2.75, 3.05) is 6.61 Å². The molecule has 1 rings (SSSR count). The third-order valence-electron chi connectivity index (χ3n) is 2.18. The minimum absolute atomic E-state index is 0.0749. The Kier molecular flexibility index (Phi) is 4.48. The van der Waals surface area contributed by atoms with Gasteiger partial charge in [-0.05, 0) is 19.9 Å². The Bertz CT molecular complexity index is 541. The highest BCUT2D eigenvalue weighted by Gasteiger charge is 2.27. The highest BCUT2D eigenvalue weighted by atomic mass is 17.2. The first-order valence-corrected chi connectivity index (χ1v) is 5.15. The van der Waals surface area contributed by atoms with Crippen LogP contribution in [-0.4, -0.2) is 22.4 Å². The van der Waals surface area contributed by atoms with Gasteiger partial charge in [0.2, 0.25) is 0 Å². The van der Waals surface area contributed by atoms with E-state index in [1.165, 1.54) is 6.92 Å². The fourth-order valence-corrected chi connectivity index (χ4v) is 1.35. The van der Waals surface area contributed by atoms with Crippen molar-refractivity contribution < 1.29 is 24.4 Å². The topological polar surface area (TPSA) is 122 Å². The lowest BCUT2D eigenvalue weighted by molar-refractivity contribution is -0.394. The normalized spacial score (nSPS) is 10.0. The van der Waals surface area contributed by atoms with E-state index < -0.39 is 32.8 Å². The minimum atomic E-state index is -1.08. The van der Waals surface area contributed by atoms with E-state index in [9.17, 15) is 25.0 Å². The second-order valence-electron chi connectivity index (χ2n) is 3.45. The summed E-state index contributed by atoms with van der Waals surface area (Å²) in [6.45, 7) is 2.99. The molecule has 0 aromatic heterocycles. The predicted octanol–water partition coefficient (Wildman–Crippen LogP) is 1.92. The van der Waals surface area contributed by atoms with Gasteiger partial charge < -0.3 is 0 Å². The van der Waals surface area contributed by atoms with Gasteiger partial charge in [-0.2, -0.15) is 4.89 Å². The van der Waals surface area contributed by atoms with Crippen LogP contribution < -0.4 is 0 Å². The molecule has 0 atom stereocenters. The summed E-state index contributed by atoms with van der Waals surface area (Å²) in [4.78, 5) is 40.1. The average Bonchev–Trinajstić information content (AvgIpc) is 2.34. The predicted molar refractivity (Wildman–Crippen MR) is 61.5 cm³/mol. The monoisotopic (exact) mass is 270 g/mol. The number of nitrogens with zero attached hydrogens (tertiary/aromatic N) is 2. The van der Waals surface area contributed by atoms with Gasteiger partial charge >= 0.3 is 5.97 Å². The molecular formula is C10H10N2O7. The van der Waals surface area contributed by atoms with Gasteiger partial charge in [0.1, 0.15) is 5.56 Å². The van der Waals surface area contributed by atoms with Gasteiger partial charge in [0.15, 0.2) is 0 Å². The van der Waals surface area contributed by atoms with E-state index in [2.05, 4.69) is 9.78 Å². The minimum Gasteiger partial charge on any atom is -0.293 e. The molecule has 0 aliphatic carbocycles. The van der Waals surface area contributed by atoms with Crippen molar-refractivity contribution in [3.63, 3.8) is 0 Å². The Morgan fingerprint density at radius 1 is 1.21 bits per heavy atom. The van der Waals surface area contributed by atoms with E-state index in [-0.39, 0.29) is 12.2 Å². The molecule has 0 spiro atoms. The van der Waals surface area contributed by atoms with Gasteiger partial charge in [0, 0.05) is 5.56 Å². The maximum absolute atomic E-state index is 11.5. The lowest BCUT2D eigenvalue weighted by atomic mass is 10.1. The van der Waals surface area contributed by atoms with Gasteiger partial charge in [-0.25, -0.2) is 4.79 Å². The Morgan fingerprint density at radius 3 is 2.26 bits per heavy atom. The molecule has 9 heteroatoms. The molecule has 1 aromatic rings. The van der Waals surface area contributed by atoms with Crippen LogP contribution in [0.25, 0.3) is 0 Å². The van der Waals surface area contributed by atoms with E-state index >= 15 is 0 Å². The van der Waals surface area contributed by atoms with Crippen molar-refractivity contribution in [1.82, 2.24) is 0 Å². The fourth-order valence-electron chi connectivity index (χ4n) is 1.35. The van der Waals surface area contributed by atoms with Gasteiger partial charge in [0.05, 0.1) is 22.5 Å². The Morgan fingerprint density at radius 2 is 1.79 bits per heavy atom. The molecule has 0 amide bonds. The molecule has 0 saturated heterocycles. The summed E-state index contributed by atoms with van der Waals surface area (Å²) in [6, 6.07) is 1.75. The number of hydrogen-bond acceptors (Lipinski definition) is 7. The number of carbonyl (C=O) groups excluding carboxylic acids is 1. The fraction of sp³-hybridized carbons (Fsp3) is 0.300. The molecular weight excluding hydrogens is 260 g/mol. The Hall–Kier alpha value is -2.55. The van der Waals surface area contributed by atoms with Crippen molar-refractivity contribution in [3.05, 3.63) is 43.5 Å². The van der Waals surface area contributed by atoms with E-state index in [1.807, 2.05) is 0 Å². The van der Waals surface area contributed by atoms with E-state index in [0.29, 0.717) is 0 Å². The second-order valence-corrected chi connectivity index (χ2v) is 3.45. The van der Waals surface area contributed by atoms with Crippen LogP contribution in [0.15, 0.2) is 12.1 Å². The van der Waals surface area contributed by atoms with Gasteiger partial charge in [-0.15, -0.1) is 0 Å². The van der Waals surface area contributed by atoms with E-state index in [0.717, 1.165) is 12.1 Å². The molecule has 0 heterocycles. The van der Waals surface area contributed by atoms with Gasteiger partial charge in [-0.3, -0.25) is 25.1 Å². The molecule has 0 fully saturated rings. The quantitative estimate of drug-likeness (QED) is 0.455. The summed E-state index contributed by atoms with van der Waals surface area (Å²) < 4.78 is 0. The second kappa shape index (κ2) is 5.87. The van der Waals surface area contributed by atoms with Gasteiger partial charge in [-0.1, -0.05) is 0 Å². The average molecular weight is 270 g/mol. The van der Waals surface area contributed by atoms with Crippen LogP contribution in [0.3, 0.4) is 0 Å². The molecule has 0 N–H and O–H groups in total. The summed E-state index contributed by atoms with van der Waals surface area (Å²) >= 11 is 0. The zero-order valence-corrected chi connectivity index (χ0v) is 10.1. The Balaban J connectivity index is 3.31. The first kappa shape index (κ1) is 14.5. The molecule has 0 radical (unpaired) electrons. The van der Waals surface area contributed by atoms with Crippen molar-refractivity contribution in [1.29, 1.82) is 0 Å². The van der Waals surface area contributed by atoms with Gasteiger partial charge in [0.25, 0.3) is 11.4 Å². The van der Waals surface area contributed by atoms with Crippen molar-refractivity contribution in [3.8, 4) is 0 Å². The summed E-state index contributed by atoms with van der Waals surface area (Å²) in [7, 11) is 0. The maximum atomic E-state index is 11.5. The van der Waals surface area contributed by atoms with Crippen LogP contribution in [0.1, 0.15) is 22.8 Å². The first-order chi connectivity index (χ1) is 8.88. The smallest absolute Gasteiger partial charge is 0.293 e. The zero-order valence-electron chi connectivity index (χ0n) is 10.1. The summed E-state index contributed by atoms with van der Waals surface area (Å²) in [5.41, 5.74) is -1.44. The highest BCUT2D eigenvalue weighted by Crippen LogP contribution is 2.28. The lowest BCUT2D eigenvalue weighted by Gasteiger charge is -2.04. The number of nitro groups is 2. The number of aryl methyl sites for hydroxylation is 1. The van der Waals surface area contributed by atoms with E-state index in [1.54, 1.807) is 6.92 Å². The van der Waals surface area contributed by atoms with Crippen LogP contribution in [0.4, 0.5) is 11.4 Å². The molecule has 0 aliphatic rings. The van der Waals surface area contributed by atoms with Crippen LogP contribution in [0, 0.1) is 27.2 Å². The molecule has 9 nitrogen and oxygen atoms in total. The summed E-state index contributed by atoms with van der Waals surface area (Å²) in [6.07, 6.45) is 0. The molecule has 19 heavy (non-hydrogen) atoms. The van der Waals surface area contributed by atoms with Crippen molar-refractivity contribution in [2.45, 2.75) is 13.8 Å². The molecule has 1 aromatic carbocycles. The zero-order chi connectivity index (χ0) is 14.6. The molecule has 0 aliphatic heterocycles. The number of carbonyl (C=O) groups is 1. The highest BCUT2D eigenvalue weighted by molar-refractivity contribution is 5.94. The Labute approximate surface area is 107 Å².